The summed E-state index contributed by atoms with van der Waals surface area (Å²) in [6, 6.07) is 12.7. The second-order valence-electron chi connectivity index (χ2n) is 4.80. The predicted octanol–water partition coefficient (Wildman–Crippen LogP) is 1.54. The molecule has 0 aromatic heterocycles. The van der Waals surface area contributed by atoms with Crippen LogP contribution in [0, 0.1) is 0 Å². The lowest BCUT2D eigenvalue weighted by molar-refractivity contribution is 0.0954. The van der Waals surface area contributed by atoms with Gasteiger partial charge in [-0.15, -0.1) is 0 Å². The third-order valence-electron chi connectivity index (χ3n) is 3.33. The van der Waals surface area contributed by atoms with Gasteiger partial charge in [0.1, 0.15) is 5.75 Å². The molecular formula is C16H20N4O2. The van der Waals surface area contributed by atoms with Crippen LogP contribution in [0.5, 0.6) is 5.75 Å². The van der Waals surface area contributed by atoms with E-state index in [1.165, 1.54) is 0 Å². The van der Waals surface area contributed by atoms with Gasteiger partial charge in [-0.25, -0.2) is 0 Å². The molecule has 0 aliphatic rings. The van der Waals surface area contributed by atoms with Crippen molar-refractivity contribution in [1.29, 1.82) is 0 Å². The zero-order valence-electron chi connectivity index (χ0n) is 12.4. The third kappa shape index (κ3) is 3.89. The van der Waals surface area contributed by atoms with Gasteiger partial charge in [-0.05, 0) is 42.3 Å². The van der Waals surface area contributed by atoms with E-state index in [0.29, 0.717) is 23.5 Å². The summed E-state index contributed by atoms with van der Waals surface area (Å²) in [5.41, 5.74) is 10.9. The molecular weight excluding hydrogens is 280 g/mol. The van der Waals surface area contributed by atoms with E-state index >= 15 is 0 Å². The van der Waals surface area contributed by atoms with Gasteiger partial charge in [-0.3, -0.25) is 10.6 Å². The summed E-state index contributed by atoms with van der Waals surface area (Å²) < 4.78 is 5.10. The fraction of sp³-hybridized carbons (Fsp3) is 0.188. The maximum atomic E-state index is 12.0. The zero-order valence-corrected chi connectivity index (χ0v) is 12.4. The third-order valence-corrected chi connectivity index (χ3v) is 3.33. The molecule has 0 spiro atoms. The van der Waals surface area contributed by atoms with Gasteiger partial charge in [0.2, 0.25) is 0 Å². The summed E-state index contributed by atoms with van der Waals surface area (Å²) in [5.74, 6) is 5.96. The number of benzene rings is 2. The van der Waals surface area contributed by atoms with Crippen molar-refractivity contribution in [2.24, 2.45) is 5.84 Å². The Kier molecular flexibility index (Phi) is 5.21. The number of carbonyl (C=O) groups excluding carboxylic acids is 1. The molecule has 6 heteroatoms. The van der Waals surface area contributed by atoms with E-state index in [1.54, 1.807) is 25.3 Å². The number of hydrogen-bond acceptors (Lipinski definition) is 5. The molecule has 6 nitrogen and oxygen atoms in total. The Morgan fingerprint density at radius 3 is 2.50 bits per heavy atom. The van der Waals surface area contributed by atoms with Gasteiger partial charge in [0.25, 0.3) is 5.91 Å². The molecule has 6 N–H and O–H groups in total. The van der Waals surface area contributed by atoms with Crippen molar-refractivity contribution in [3.05, 3.63) is 53.6 Å². The molecule has 1 amide bonds. The molecule has 2 rings (SSSR count). The van der Waals surface area contributed by atoms with Crippen LogP contribution in [0.25, 0.3) is 0 Å². The minimum atomic E-state index is -0.163. The highest BCUT2D eigenvalue weighted by atomic mass is 16.5. The van der Waals surface area contributed by atoms with Crippen LogP contribution in [0.15, 0.2) is 42.5 Å². The number of hydrogen-bond donors (Lipinski definition) is 4. The Labute approximate surface area is 129 Å². The standard InChI is InChI=1S/C16H20N4O2/c1-22-13-5-2-11(3-6-13)8-9-19-16(21)12-4-7-15(20-18)14(17)10-12/h2-7,10,20H,8-9,17-18H2,1H3,(H,19,21). The molecule has 0 heterocycles. The second kappa shape index (κ2) is 7.33. The second-order valence-corrected chi connectivity index (χ2v) is 4.80. The maximum Gasteiger partial charge on any atom is 0.251 e. The maximum absolute atomic E-state index is 12.0. The Morgan fingerprint density at radius 1 is 1.18 bits per heavy atom. The van der Waals surface area contributed by atoms with Crippen LogP contribution in [0.2, 0.25) is 0 Å². The van der Waals surface area contributed by atoms with Gasteiger partial charge in [-0.1, -0.05) is 12.1 Å². The molecule has 0 aliphatic heterocycles. The first-order valence-corrected chi connectivity index (χ1v) is 6.91. The van der Waals surface area contributed by atoms with E-state index in [-0.39, 0.29) is 5.91 Å². The molecule has 2 aromatic carbocycles. The topological polar surface area (TPSA) is 102 Å². The average molecular weight is 300 g/mol. The number of rotatable bonds is 6. The number of hydrazine groups is 1. The lowest BCUT2D eigenvalue weighted by Gasteiger charge is -2.09. The normalized spacial score (nSPS) is 10.1. The highest BCUT2D eigenvalue weighted by Gasteiger charge is 2.07. The number of ether oxygens (including phenoxy) is 1. The van der Waals surface area contributed by atoms with Gasteiger partial charge >= 0.3 is 0 Å². The van der Waals surface area contributed by atoms with E-state index in [4.69, 9.17) is 16.3 Å². The summed E-state index contributed by atoms with van der Waals surface area (Å²) in [5, 5.41) is 2.86. The first-order chi connectivity index (χ1) is 10.6. The summed E-state index contributed by atoms with van der Waals surface area (Å²) >= 11 is 0. The number of carbonyl (C=O) groups is 1. The monoisotopic (exact) mass is 300 g/mol. The smallest absolute Gasteiger partial charge is 0.251 e. The molecule has 0 saturated carbocycles. The van der Waals surface area contributed by atoms with Gasteiger partial charge in [0.05, 0.1) is 18.5 Å². The molecule has 0 bridgehead atoms. The Balaban J connectivity index is 1.88. The number of nitrogens with two attached hydrogens (primary N) is 2. The summed E-state index contributed by atoms with van der Waals surface area (Å²) in [6.45, 7) is 0.544. The van der Waals surface area contributed by atoms with Gasteiger partial charge in [0, 0.05) is 12.1 Å². The van der Waals surface area contributed by atoms with Crippen molar-refractivity contribution in [1.82, 2.24) is 5.32 Å². The van der Waals surface area contributed by atoms with E-state index in [9.17, 15) is 4.79 Å². The Bertz CT molecular complexity index is 641. The largest absolute Gasteiger partial charge is 0.497 e. The molecule has 0 saturated heterocycles. The quantitative estimate of drug-likeness (QED) is 0.368. The van der Waals surface area contributed by atoms with Crippen LogP contribution in [-0.4, -0.2) is 19.6 Å². The van der Waals surface area contributed by atoms with Crippen LogP contribution in [0.1, 0.15) is 15.9 Å². The summed E-state index contributed by atoms with van der Waals surface area (Å²) in [4.78, 5) is 12.0. The van der Waals surface area contributed by atoms with Crippen LogP contribution < -0.4 is 27.1 Å². The molecule has 22 heavy (non-hydrogen) atoms. The average Bonchev–Trinajstić information content (AvgIpc) is 2.55. The first kappa shape index (κ1) is 15.7. The van der Waals surface area contributed by atoms with Crippen LogP contribution in [0.3, 0.4) is 0 Å². The minimum Gasteiger partial charge on any atom is -0.497 e. The predicted molar refractivity (Wildman–Crippen MR) is 87.7 cm³/mol. The van der Waals surface area contributed by atoms with Gasteiger partial charge in [-0.2, -0.15) is 0 Å². The van der Waals surface area contributed by atoms with E-state index in [0.717, 1.165) is 17.7 Å². The van der Waals surface area contributed by atoms with Gasteiger partial charge in [0.15, 0.2) is 0 Å². The van der Waals surface area contributed by atoms with E-state index < -0.39 is 0 Å². The summed E-state index contributed by atoms with van der Waals surface area (Å²) in [6.07, 6.45) is 0.744. The summed E-state index contributed by atoms with van der Waals surface area (Å²) in [7, 11) is 1.63. The van der Waals surface area contributed by atoms with Crippen molar-refractivity contribution in [3.63, 3.8) is 0 Å². The Hall–Kier alpha value is -2.73. The van der Waals surface area contributed by atoms with Crippen molar-refractivity contribution in [2.75, 3.05) is 24.8 Å². The fourth-order valence-corrected chi connectivity index (χ4v) is 2.05. The number of methoxy groups -OCH3 is 1. The van der Waals surface area contributed by atoms with E-state index in [2.05, 4.69) is 10.7 Å². The fourth-order valence-electron chi connectivity index (χ4n) is 2.05. The van der Waals surface area contributed by atoms with E-state index in [1.807, 2.05) is 24.3 Å². The number of nitrogens with one attached hydrogen (secondary N) is 2. The molecule has 0 unspecified atom stereocenters. The van der Waals surface area contributed by atoms with Crippen molar-refractivity contribution < 1.29 is 9.53 Å². The number of nitrogen functional groups attached to an aromatic ring is 2. The molecule has 116 valence electrons. The number of anilines is 2. The molecule has 0 radical (unpaired) electrons. The Morgan fingerprint density at radius 2 is 1.91 bits per heavy atom. The van der Waals surface area contributed by atoms with Crippen LogP contribution >= 0.6 is 0 Å². The number of amides is 1. The molecule has 2 aromatic rings. The lowest BCUT2D eigenvalue weighted by atomic mass is 10.1. The highest BCUT2D eigenvalue weighted by Crippen LogP contribution is 2.18. The minimum absolute atomic E-state index is 0.163. The van der Waals surface area contributed by atoms with Crippen molar-refractivity contribution in [3.8, 4) is 5.75 Å². The van der Waals surface area contributed by atoms with Crippen LogP contribution in [0.4, 0.5) is 11.4 Å². The molecule has 0 fully saturated rings. The first-order valence-electron chi connectivity index (χ1n) is 6.91. The van der Waals surface area contributed by atoms with Crippen molar-refractivity contribution in [2.45, 2.75) is 6.42 Å². The molecule has 0 atom stereocenters. The van der Waals surface area contributed by atoms with Crippen LogP contribution in [-0.2, 0) is 6.42 Å². The van der Waals surface area contributed by atoms with Gasteiger partial charge < -0.3 is 21.2 Å². The lowest BCUT2D eigenvalue weighted by Crippen LogP contribution is -2.25. The zero-order chi connectivity index (χ0) is 15.9. The molecule has 0 aliphatic carbocycles. The van der Waals surface area contributed by atoms with Crippen molar-refractivity contribution >= 4 is 17.3 Å². The highest BCUT2D eigenvalue weighted by molar-refractivity contribution is 5.96. The SMILES string of the molecule is COc1ccc(CCNC(=O)c2ccc(NN)c(N)c2)cc1.